The summed E-state index contributed by atoms with van der Waals surface area (Å²) in [6, 6.07) is 56.5. The second kappa shape index (κ2) is 10.5. The highest BCUT2D eigenvalue weighted by atomic mass is 79.9. The summed E-state index contributed by atoms with van der Waals surface area (Å²) in [6.45, 7) is 0. The minimum absolute atomic E-state index is 1.10. The fourth-order valence-corrected chi connectivity index (χ4v) is 5.86. The molecule has 0 saturated carbocycles. The van der Waals surface area contributed by atoms with Gasteiger partial charge in [0.1, 0.15) is 0 Å². The number of rotatable bonds is 5. The summed E-state index contributed by atoms with van der Waals surface area (Å²) in [5, 5.41) is 4.98. The first-order valence-corrected chi connectivity index (χ1v) is 14.3. The second-order valence-electron chi connectivity index (χ2n) is 10.00. The Labute approximate surface area is 243 Å². The third-order valence-electron chi connectivity index (χ3n) is 7.50. The van der Waals surface area contributed by atoms with Gasteiger partial charge in [-0.05, 0) is 92.3 Å². The van der Waals surface area contributed by atoms with E-state index in [-0.39, 0.29) is 0 Å². The highest BCUT2D eigenvalue weighted by molar-refractivity contribution is 9.10. The van der Waals surface area contributed by atoms with Crippen molar-refractivity contribution in [3.8, 4) is 22.3 Å². The van der Waals surface area contributed by atoms with Crippen LogP contribution in [0.1, 0.15) is 0 Å². The molecule has 0 atom stereocenters. The van der Waals surface area contributed by atoms with Crippen molar-refractivity contribution in [2.45, 2.75) is 0 Å². The maximum atomic E-state index is 3.61. The normalized spacial score (nSPS) is 11.1. The van der Waals surface area contributed by atoms with Crippen LogP contribution in [-0.2, 0) is 0 Å². The van der Waals surface area contributed by atoms with Crippen molar-refractivity contribution in [1.29, 1.82) is 0 Å². The molecule has 0 aliphatic carbocycles. The SMILES string of the molecule is Brc1ccc2c(ccc3cc(N(c4ccc(-c5ccccc5)cc4)c4ccc(-c5ccccc5)cc4)ccc32)c1. The minimum Gasteiger partial charge on any atom is -0.310 e. The quantitative estimate of drug-likeness (QED) is 0.184. The van der Waals surface area contributed by atoms with E-state index in [0.29, 0.717) is 0 Å². The highest BCUT2D eigenvalue weighted by Gasteiger charge is 2.14. The van der Waals surface area contributed by atoms with E-state index in [0.717, 1.165) is 21.5 Å². The van der Waals surface area contributed by atoms with Crippen LogP contribution in [0.15, 0.2) is 162 Å². The molecule has 7 aromatic rings. The van der Waals surface area contributed by atoms with Crippen molar-refractivity contribution >= 4 is 54.5 Å². The number of anilines is 3. The lowest BCUT2D eigenvalue weighted by molar-refractivity contribution is 1.29. The lowest BCUT2D eigenvalue weighted by Crippen LogP contribution is -2.09. The molecule has 2 heteroatoms. The van der Waals surface area contributed by atoms with Crippen LogP contribution >= 0.6 is 15.9 Å². The van der Waals surface area contributed by atoms with Gasteiger partial charge >= 0.3 is 0 Å². The van der Waals surface area contributed by atoms with Crippen molar-refractivity contribution in [2.24, 2.45) is 0 Å². The first-order chi connectivity index (χ1) is 19.7. The molecule has 0 N–H and O–H groups in total. The molecule has 0 heterocycles. The monoisotopic (exact) mass is 575 g/mol. The lowest BCUT2D eigenvalue weighted by atomic mass is 10.0. The maximum absolute atomic E-state index is 3.61. The Morgan fingerprint density at radius 3 is 1.30 bits per heavy atom. The molecule has 40 heavy (non-hydrogen) atoms. The van der Waals surface area contributed by atoms with Crippen LogP contribution in [0.2, 0.25) is 0 Å². The van der Waals surface area contributed by atoms with Crippen molar-refractivity contribution in [3.05, 3.63) is 162 Å². The molecule has 0 unspecified atom stereocenters. The van der Waals surface area contributed by atoms with E-state index in [1.54, 1.807) is 0 Å². The Kier molecular flexibility index (Phi) is 6.39. The van der Waals surface area contributed by atoms with Crippen molar-refractivity contribution < 1.29 is 0 Å². The Hall–Kier alpha value is -4.66. The fraction of sp³-hybridized carbons (Fsp3) is 0. The van der Waals surface area contributed by atoms with E-state index in [2.05, 4.69) is 179 Å². The van der Waals surface area contributed by atoms with Crippen LogP contribution in [0.5, 0.6) is 0 Å². The summed E-state index contributed by atoms with van der Waals surface area (Å²) < 4.78 is 1.10. The summed E-state index contributed by atoms with van der Waals surface area (Å²) >= 11 is 3.61. The van der Waals surface area contributed by atoms with Crippen LogP contribution in [0.4, 0.5) is 17.1 Å². The van der Waals surface area contributed by atoms with Crippen LogP contribution in [0.25, 0.3) is 43.8 Å². The maximum Gasteiger partial charge on any atom is 0.0468 e. The van der Waals surface area contributed by atoms with Gasteiger partial charge in [0.2, 0.25) is 0 Å². The molecule has 0 aliphatic rings. The van der Waals surface area contributed by atoms with Crippen LogP contribution in [-0.4, -0.2) is 0 Å². The van der Waals surface area contributed by atoms with Crippen molar-refractivity contribution in [2.75, 3.05) is 4.90 Å². The molecule has 0 spiro atoms. The zero-order chi connectivity index (χ0) is 26.9. The third-order valence-corrected chi connectivity index (χ3v) is 8.00. The van der Waals surface area contributed by atoms with E-state index >= 15 is 0 Å². The molecule has 7 aromatic carbocycles. The number of halogens is 1. The highest BCUT2D eigenvalue weighted by Crippen LogP contribution is 2.39. The minimum atomic E-state index is 1.10. The number of hydrogen-bond acceptors (Lipinski definition) is 1. The zero-order valence-electron chi connectivity index (χ0n) is 21.8. The number of hydrogen-bond donors (Lipinski definition) is 0. The average Bonchev–Trinajstić information content (AvgIpc) is 3.02. The fourth-order valence-electron chi connectivity index (χ4n) is 5.48. The average molecular weight is 577 g/mol. The van der Waals surface area contributed by atoms with Gasteiger partial charge in [-0.2, -0.15) is 0 Å². The Morgan fingerprint density at radius 1 is 0.350 bits per heavy atom. The van der Waals surface area contributed by atoms with E-state index in [1.165, 1.54) is 43.8 Å². The molecular weight excluding hydrogens is 550 g/mol. The van der Waals surface area contributed by atoms with E-state index < -0.39 is 0 Å². The largest absolute Gasteiger partial charge is 0.310 e. The third kappa shape index (κ3) is 4.68. The van der Waals surface area contributed by atoms with Crippen LogP contribution < -0.4 is 4.90 Å². The molecule has 0 amide bonds. The molecule has 1 nitrogen and oxygen atoms in total. The van der Waals surface area contributed by atoms with Crippen LogP contribution in [0.3, 0.4) is 0 Å². The van der Waals surface area contributed by atoms with Crippen molar-refractivity contribution in [1.82, 2.24) is 0 Å². The van der Waals surface area contributed by atoms with E-state index in [4.69, 9.17) is 0 Å². The van der Waals surface area contributed by atoms with Crippen molar-refractivity contribution in [3.63, 3.8) is 0 Å². The van der Waals surface area contributed by atoms with E-state index in [9.17, 15) is 0 Å². The predicted octanol–water partition coefficient (Wildman–Crippen LogP) is 11.6. The van der Waals surface area contributed by atoms with Crippen LogP contribution in [0, 0.1) is 0 Å². The Morgan fingerprint density at radius 2 is 0.775 bits per heavy atom. The van der Waals surface area contributed by atoms with Gasteiger partial charge in [0.25, 0.3) is 0 Å². The zero-order valence-corrected chi connectivity index (χ0v) is 23.4. The summed E-state index contributed by atoms with van der Waals surface area (Å²) in [6.07, 6.45) is 0. The number of nitrogens with zero attached hydrogens (tertiary/aromatic N) is 1. The van der Waals surface area contributed by atoms with Gasteiger partial charge in [-0.1, -0.05) is 125 Å². The standard InChI is InChI=1S/C38H26BrN/c39-33-17-23-37-31(25-33)11-12-32-26-36(22-24-38(32)37)40(34-18-13-29(14-19-34)27-7-3-1-4-8-27)35-20-15-30(16-21-35)28-9-5-2-6-10-28/h1-26H. The van der Waals surface area contributed by atoms with Gasteiger partial charge in [0.15, 0.2) is 0 Å². The molecule has 0 aliphatic heterocycles. The second-order valence-corrected chi connectivity index (χ2v) is 10.9. The summed E-state index contributed by atoms with van der Waals surface area (Å²) in [5.74, 6) is 0. The summed E-state index contributed by atoms with van der Waals surface area (Å²) in [5.41, 5.74) is 8.23. The van der Waals surface area contributed by atoms with Gasteiger partial charge in [-0.15, -0.1) is 0 Å². The van der Waals surface area contributed by atoms with Gasteiger partial charge in [0.05, 0.1) is 0 Å². The van der Waals surface area contributed by atoms with Gasteiger partial charge in [0, 0.05) is 21.5 Å². The molecular formula is C38H26BrN. The smallest absolute Gasteiger partial charge is 0.0468 e. The topological polar surface area (TPSA) is 3.24 Å². The predicted molar refractivity (Wildman–Crippen MR) is 175 cm³/mol. The first kappa shape index (κ1) is 24.4. The Balaban J connectivity index is 1.34. The molecule has 0 saturated heterocycles. The Bertz CT molecular complexity index is 1840. The van der Waals surface area contributed by atoms with E-state index in [1.807, 2.05) is 0 Å². The summed E-state index contributed by atoms with van der Waals surface area (Å²) in [4.78, 5) is 2.34. The molecule has 190 valence electrons. The molecule has 0 radical (unpaired) electrons. The number of benzene rings is 7. The van der Waals surface area contributed by atoms with Gasteiger partial charge < -0.3 is 4.90 Å². The molecule has 7 rings (SSSR count). The lowest BCUT2D eigenvalue weighted by Gasteiger charge is -2.26. The molecule has 0 bridgehead atoms. The molecule has 0 aromatic heterocycles. The van der Waals surface area contributed by atoms with Gasteiger partial charge in [-0.3, -0.25) is 0 Å². The van der Waals surface area contributed by atoms with Gasteiger partial charge in [-0.25, -0.2) is 0 Å². The molecule has 0 fully saturated rings. The first-order valence-electron chi connectivity index (χ1n) is 13.5. The number of fused-ring (bicyclic) bond motifs is 3. The summed E-state index contributed by atoms with van der Waals surface area (Å²) in [7, 11) is 0.